The summed E-state index contributed by atoms with van der Waals surface area (Å²) in [7, 11) is 0. The molecule has 0 heterocycles. The van der Waals surface area contributed by atoms with Crippen molar-refractivity contribution in [2.24, 2.45) is 0 Å². The molecule has 0 saturated carbocycles. The summed E-state index contributed by atoms with van der Waals surface area (Å²) >= 11 is 0. The third kappa shape index (κ3) is 8.44. The molecule has 0 radical (unpaired) electrons. The molecule has 0 unspecified atom stereocenters. The number of nitrogens with one attached hydrogen (secondary N) is 2. The van der Waals surface area contributed by atoms with E-state index in [0.717, 1.165) is 0 Å². The van der Waals surface area contributed by atoms with Gasteiger partial charge >= 0.3 is 6.09 Å². The van der Waals surface area contributed by atoms with Crippen molar-refractivity contribution >= 4 is 17.7 Å². The van der Waals surface area contributed by atoms with Crippen LogP contribution in [0.4, 0.5) is 10.5 Å². The molecule has 0 aliphatic carbocycles. The molecule has 2 amide bonds. The molecule has 0 saturated heterocycles. The zero-order chi connectivity index (χ0) is 20.4. The van der Waals surface area contributed by atoms with E-state index in [1.165, 1.54) is 0 Å². The van der Waals surface area contributed by atoms with Gasteiger partial charge in [-0.05, 0) is 45.0 Å². The lowest BCUT2D eigenvalue weighted by atomic mass is 10.2. The highest BCUT2D eigenvalue weighted by atomic mass is 16.6. The summed E-state index contributed by atoms with van der Waals surface area (Å²) in [6.45, 7) is 5.95. The first-order valence-corrected chi connectivity index (χ1v) is 8.99. The summed E-state index contributed by atoms with van der Waals surface area (Å²) in [5, 5.41) is 5.37. The monoisotopic (exact) mass is 386 g/mol. The van der Waals surface area contributed by atoms with Gasteiger partial charge in [-0.15, -0.1) is 0 Å². The summed E-state index contributed by atoms with van der Waals surface area (Å²) in [6.07, 6.45) is -0.532. The highest BCUT2D eigenvalue weighted by Crippen LogP contribution is 2.18. The molecule has 2 aromatic carbocycles. The average Bonchev–Trinajstić information content (AvgIpc) is 2.63. The number of amides is 2. The first-order chi connectivity index (χ1) is 13.3. The minimum Gasteiger partial charge on any atom is -0.492 e. The van der Waals surface area contributed by atoms with Crippen LogP contribution in [-0.4, -0.2) is 37.4 Å². The number of ether oxygens (including phenoxy) is 3. The second-order valence-electron chi connectivity index (χ2n) is 6.95. The van der Waals surface area contributed by atoms with E-state index in [1.54, 1.807) is 57.2 Å². The maximum absolute atomic E-state index is 11.8. The van der Waals surface area contributed by atoms with Crippen LogP contribution >= 0.6 is 0 Å². The van der Waals surface area contributed by atoms with Crippen molar-refractivity contribution in [1.82, 2.24) is 5.32 Å². The number of benzene rings is 2. The minimum absolute atomic E-state index is 0.0562. The lowest BCUT2D eigenvalue weighted by molar-refractivity contribution is -0.123. The molecule has 2 rings (SSSR count). The van der Waals surface area contributed by atoms with Crippen molar-refractivity contribution in [1.29, 1.82) is 0 Å². The summed E-state index contributed by atoms with van der Waals surface area (Å²) in [5.41, 5.74) is -0.00674. The lowest BCUT2D eigenvalue weighted by Gasteiger charge is -2.19. The summed E-state index contributed by atoms with van der Waals surface area (Å²) in [4.78, 5) is 23.6. The van der Waals surface area contributed by atoms with Crippen molar-refractivity contribution in [3.8, 4) is 11.5 Å². The predicted molar refractivity (Wildman–Crippen MR) is 107 cm³/mol. The van der Waals surface area contributed by atoms with Crippen LogP contribution in [0, 0.1) is 0 Å². The van der Waals surface area contributed by atoms with Crippen LogP contribution in [0.15, 0.2) is 54.6 Å². The number of para-hydroxylation sites is 1. The van der Waals surface area contributed by atoms with Gasteiger partial charge in [0.1, 0.15) is 23.7 Å². The molecule has 0 aliphatic heterocycles. The van der Waals surface area contributed by atoms with Gasteiger partial charge in [-0.2, -0.15) is 0 Å². The first kappa shape index (κ1) is 21.1. The van der Waals surface area contributed by atoms with Gasteiger partial charge in [0, 0.05) is 11.8 Å². The zero-order valence-electron chi connectivity index (χ0n) is 16.4. The Labute approximate surface area is 165 Å². The Morgan fingerprint density at radius 2 is 1.64 bits per heavy atom. The van der Waals surface area contributed by atoms with Crippen LogP contribution < -0.4 is 20.1 Å². The Kier molecular flexibility index (Phi) is 7.68. The third-order valence-corrected chi connectivity index (χ3v) is 3.29. The van der Waals surface area contributed by atoms with Gasteiger partial charge in [0.15, 0.2) is 6.61 Å². The molecule has 7 nitrogen and oxygen atoms in total. The molecular weight excluding hydrogens is 360 g/mol. The second-order valence-corrected chi connectivity index (χ2v) is 6.95. The van der Waals surface area contributed by atoms with Crippen molar-refractivity contribution in [3.05, 3.63) is 54.6 Å². The van der Waals surface area contributed by atoms with Crippen LogP contribution in [-0.2, 0) is 9.53 Å². The fraction of sp³-hybridized carbons (Fsp3) is 0.333. The molecule has 150 valence electrons. The van der Waals surface area contributed by atoms with Crippen molar-refractivity contribution in [2.75, 3.05) is 25.1 Å². The molecule has 28 heavy (non-hydrogen) atoms. The van der Waals surface area contributed by atoms with E-state index in [1.807, 2.05) is 18.2 Å². The predicted octanol–water partition coefficient (Wildman–Crippen LogP) is 3.61. The summed E-state index contributed by atoms with van der Waals surface area (Å²) < 4.78 is 16.2. The molecule has 0 atom stereocenters. The van der Waals surface area contributed by atoms with Crippen molar-refractivity contribution < 1.29 is 23.8 Å². The second kappa shape index (κ2) is 10.2. The Bertz CT molecular complexity index is 772. The lowest BCUT2D eigenvalue weighted by Crippen LogP contribution is -2.32. The number of hydrogen-bond donors (Lipinski definition) is 2. The maximum atomic E-state index is 11.8. The number of anilines is 1. The van der Waals surface area contributed by atoms with Crippen LogP contribution in [0.1, 0.15) is 20.8 Å². The van der Waals surface area contributed by atoms with Gasteiger partial charge in [0.25, 0.3) is 5.91 Å². The van der Waals surface area contributed by atoms with E-state index in [-0.39, 0.29) is 19.1 Å². The van der Waals surface area contributed by atoms with Gasteiger partial charge < -0.3 is 19.5 Å². The highest BCUT2D eigenvalue weighted by Gasteiger charge is 2.16. The Morgan fingerprint density at radius 1 is 0.929 bits per heavy atom. The standard InChI is InChI=1S/C21H26N2O5/c1-21(2,3)28-20(25)23-16-8-7-11-18(14-16)26-13-12-22-19(24)15-27-17-9-5-4-6-10-17/h4-11,14H,12-13,15H2,1-3H3,(H,22,24)(H,23,25). The minimum atomic E-state index is -0.569. The van der Waals surface area contributed by atoms with Crippen LogP contribution in [0.25, 0.3) is 0 Å². The molecule has 0 aliphatic rings. The molecule has 2 N–H and O–H groups in total. The van der Waals surface area contributed by atoms with Crippen molar-refractivity contribution in [2.45, 2.75) is 26.4 Å². The van der Waals surface area contributed by atoms with Gasteiger partial charge in [-0.3, -0.25) is 10.1 Å². The number of rotatable bonds is 8. The zero-order valence-corrected chi connectivity index (χ0v) is 16.4. The van der Waals surface area contributed by atoms with E-state index in [2.05, 4.69) is 10.6 Å². The molecule has 0 aromatic heterocycles. The topological polar surface area (TPSA) is 85.9 Å². The third-order valence-electron chi connectivity index (χ3n) is 3.29. The molecular formula is C21H26N2O5. The van der Waals surface area contributed by atoms with Gasteiger partial charge in [-0.25, -0.2) is 4.79 Å². The van der Waals surface area contributed by atoms with Gasteiger partial charge in [0.05, 0.1) is 6.54 Å². The van der Waals surface area contributed by atoms with Crippen molar-refractivity contribution in [3.63, 3.8) is 0 Å². The first-order valence-electron chi connectivity index (χ1n) is 8.99. The number of hydrogen-bond acceptors (Lipinski definition) is 5. The van der Waals surface area contributed by atoms with Gasteiger partial charge in [-0.1, -0.05) is 24.3 Å². The van der Waals surface area contributed by atoms with Crippen LogP contribution in [0.3, 0.4) is 0 Å². The Balaban J connectivity index is 1.68. The van der Waals surface area contributed by atoms with Crippen LogP contribution in [0.2, 0.25) is 0 Å². The summed E-state index contributed by atoms with van der Waals surface area (Å²) in [5.74, 6) is 0.986. The van der Waals surface area contributed by atoms with Crippen LogP contribution in [0.5, 0.6) is 11.5 Å². The van der Waals surface area contributed by atoms with E-state index in [9.17, 15) is 9.59 Å². The maximum Gasteiger partial charge on any atom is 0.412 e. The van der Waals surface area contributed by atoms with E-state index in [4.69, 9.17) is 14.2 Å². The fourth-order valence-corrected chi connectivity index (χ4v) is 2.16. The fourth-order valence-electron chi connectivity index (χ4n) is 2.16. The van der Waals surface area contributed by atoms with E-state index < -0.39 is 11.7 Å². The quantitative estimate of drug-likeness (QED) is 0.677. The molecule has 7 heteroatoms. The SMILES string of the molecule is CC(C)(C)OC(=O)Nc1cccc(OCCNC(=O)COc2ccccc2)c1. The average molecular weight is 386 g/mol. The van der Waals surface area contributed by atoms with E-state index >= 15 is 0 Å². The molecule has 0 fully saturated rings. The van der Waals surface area contributed by atoms with E-state index in [0.29, 0.717) is 23.7 Å². The molecule has 2 aromatic rings. The normalized spacial score (nSPS) is 10.7. The molecule has 0 bridgehead atoms. The number of carbonyl (C=O) groups is 2. The highest BCUT2D eigenvalue weighted by molar-refractivity contribution is 5.85. The Morgan fingerprint density at radius 3 is 2.36 bits per heavy atom. The smallest absolute Gasteiger partial charge is 0.412 e. The van der Waals surface area contributed by atoms with Gasteiger partial charge in [0.2, 0.25) is 0 Å². The Hall–Kier alpha value is -3.22. The summed E-state index contributed by atoms with van der Waals surface area (Å²) in [6, 6.07) is 16.1. The molecule has 0 spiro atoms. The number of carbonyl (C=O) groups excluding carboxylic acids is 2. The largest absolute Gasteiger partial charge is 0.492 e.